The highest BCUT2D eigenvalue weighted by atomic mass is 32.1. The van der Waals surface area contributed by atoms with Gasteiger partial charge in [0.2, 0.25) is 5.91 Å². The van der Waals surface area contributed by atoms with Crippen LogP contribution in [0.4, 0.5) is 0 Å². The summed E-state index contributed by atoms with van der Waals surface area (Å²) in [5.74, 6) is 0.0863. The third kappa shape index (κ3) is 3.59. The average Bonchev–Trinajstić information content (AvgIpc) is 2.34. The van der Waals surface area contributed by atoms with Crippen LogP contribution in [0, 0.1) is 0 Å². The van der Waals surface area contributed by atoms with Crippen molar-refractivity contribution < 1.29 is 4.79 Å². The zero-order valence-electron chi connectivity index (χ0n) is 11.9. The summed E-state index contributed by atoms with van der Waals surface area (Å²) < 4.78 is 0. The molecule has 2 atom stereocenters. The molecular formula is C14H25N3OS. The highest BCUT2D eigenvalue weighted by molar-refractivity contribution is 7.80. The van der Waals surface area contributed by atoms with E-state index in [0.717, 1.165) is 30.9 Å². The van der Waals surface area contributed by atoms with E-state index >= 15 is 0 Å². The van der Waals surface area contributed by atoms with Gasteiger partial charge in [-0.1, -0.05) is 6.92 Å². The lowest BCUT2D eigenvalue weighted by molar-refractivity contribution is -0.120. The third-order valence-electron chi connectivity index (χ3n) is 4.14. The lowest BCUT2D eigenvalue weighted by Crippen LogP contribution is -2.60. The zero-order valence-corrected chi connectivity index (χ0v) is 12.8. The molecule has 2 aliphatic rings. The number of rotatable bonds is 3. The standard InChI is InChI=1S/C14H25N3OS/c1-3-7-15-14(19)17-12-5-4-6-13(17)9-11(8-12)16-10(2)18/h11-13H,3-9H2,1-2H3,(H,15,19)(H,16,18). The molecule has 0 aromatic heterocycles. The molecule has 108 valence electrons. The molecule has 2 bridgehead atoms. The molecule has 2 heterocycles. The Hall–Kier alpha value is -0.840. The van der Waals surface area contributed by atoms with Crippen LogP contribution in [0.15, 0.2) is 0 Å². The van der Waals surface area contributed by atoms with Crippen molar-refractivity contribution in [3.63, 3.8) is 0 Å². The molecular weight excluding hydrogens is 258 g/mol. The SMILES string of the molecule is CCCNC(=S)N1C2CCCC1CC(NC(C)=O)C2. The molecule has 5 heteroatoms. The molecule has 2 rings (SSSR count). The fraction of sp³-hybridized carbons (Fsp3) is 0.857. The molecule has 4 nitrogen and oxygen atoms in total. The number of piperidine rings is 2. The zero-order chi connectivity index (χ0) is 13.8. The van der Waals surface area contributed by atoms with Gasteiger partial charge in [0.1, 0.15) is 0 Å². The lowest BCUT2D eigenvalue weighted by atomic mass is 9.82. The molecule has 0 aromatic rings. The minimum absolute atomic E-state index is 0.0863. The van der Waals surface area contributed by atoms with Crippen molar-refractivity contribution in [3.8, 4) is 0 Å². The molecule has 0 aromatic carbocycles. The maximum absolute atomic E-state index is 11.2. The third-order valence-corrected chi connectivity index (χ3v) is 4.50. The van der Waals surface area contributed by atoms with Gasteiger partial charge in [-0.2, -0.15) is 0 Å². The van der Waals surface area contributed by atoms with Gasteiger partial charge in [0.15, 0.2) is 5.11 Å². The van der Waals surface area contributed by atoms with E-state index in [0.29, 0.717) is 18.1 Å². The number of carbonyl (C=O) groups is 1. The van der Waals surface area contributed by atoms with Crippen molar-refractivity contribution >= 4 is 23.2 Å². The van der Waals surface area contributed by atoms with Gasteiger partial charge in [-0.05, 0) is 50.7 Å². The van der Waals surface area contributed by atoms with Crippen LogP contribution in [-0.4, -0.2) is 40.6 Å². The molecule has 1 amide bonds. The first-order valence-corrected chi connectivity index (χ1v) is 7.86. The van der Waals surface area contributed by atoms with E-state index in [9.17, 15) is 4.79 Å². The number of thiocarbonyl (C=S) groups is 1. The van der Waals surface area contributed by atoms with E-state index in [1.165, 1.54) is 19.3 Å². The Kier molecular flexibility index (Phi) is 5.02. The Labute approximate surface area is 121 Å². The fourth-order valence-corrected chi connectivity index (χ4v) is 3.84. The second-order valence-corrected chi connectivity index (χ2v) is 6.13. The van der Waals surface area contributed by atoms with Crippen LogP contribution in [-0.2, 0) is 4.79 Å². The summed E-state index contributed by atoms with van der Waals surface area (Å²) in [6.07, 6.45) is 6.84. The van der Waals surface area contributed by atoms with E-state index in [4.69, 9.17) is 12.2 Å². The van der Waals surface area contributed by atoms with E-state index in [1.54, 1.807) is 6.92 Å². The predicted octanol–water partition coefficient (Wildman–Crippen LogP) is 1.79. The highest BCUT2D eigenvalue weighted by Gasteiger charge is 2.39. The Balaban J connectivity index is 1.99. The minimum atomic E-state index is 0.0863. The topological polar surface area (TPSA) is 44.4 Å². The first kappa shape index (κ1) is 14.6. The average molecular weight is 283 g/mol. The first-order valence-electron chi connectivity index (χ1n) is 7.45. The molecule has 0 radical (unpaired) electrons. The van der Waals surface area contributed by atoms with Crippen molar-refractivity contribution in [2.24, 2.45) is 0 Å². The number of fused-ring (bicyclic) bond motifs is 2. The normalized spacial score (nSPS) is 29.8. The minimum Gasteiger partial charge on any atom is -0.363 e. The van der Waals surface area contributed by atoms with Crippen LogP contribution in [0.2, 0.25) is 0 Å². The van der Waals surface area contributed by atoms with Crippen LogP contribution in [0.1, 0.15) is 52.4 Å². The smallest absolute Gasteiger partial charge is 0.217 e. The number of amides is 1. The summed E-state index contributed by atoms with van der Waals surface area (Å²) in [4.78, 5) is 13.6. The maximum atomic E-state index is 11.2. The summed E-state index contributed by atoms with van der Waals surface area (Å²) in [5.41, 5.74) is 0. The Morgan fingerprint density at radius 2 is 1.95 bits per heavy atom. The summed E-state index contributed by atoms with van der Waals surface area (Å²) in [6, 6.07) is 1.33. The second kappa shape index (κ2) is 6.55. The van der Waals surface area contributed by atoms with Crippen molar-refractivity contribution in [2.45, 2.75) is 70.5 Å². The first-order chi connectivity index (χ1) is 9.11. The number of carbonyl (C=O) groups excluding carboxylic acids is 1. The molecule has 2 N–H and O–H groups in total. The highest BCUT2D eigenvalue weighted by Crippen LogP contribution is 2.34. The molecule has 0 spiro atoms. The van der Waals surface area contributed by atoms with Gasteiger partial charge in [-0.3, -0.25) is 4.79 Å². The fourth-order valence-electron chi connectivity index (χ4n) is 3.44. The predicted molar refractivity (Wildman–Crippen MR) is 81.0 cm³/mol. The van der Waals surface area contributed by atoms with Crippen LogP contribution < -0.4 is 10.6 Å². The maximum Gasteiger partial charge on any atom is 0.217 e. The van der Waals surface area contributed by atoms with Crippen LogP contribution in [0.3, 0.4) is 0 Å². The largest absolute Gasteiger partial charge is 0.363 e. The molecule has 2 unspecified atom stereocenters. The van der Waals surface area contributed by atoms with Gasteiger partial charge in [0.25, 0.3) is 0 Å². The van der Waals surface area contributed by atoms with Crippen LogP contribution >= 0.6 is 12.2 Å². The van der Waals surface area contributed by atoms with E-state index in [2.05, 4.69) is 22.5 Å². The van der Waals surface area contributed by atoms with E-state index in [-0.39, 0.29) is 5.91 Å². The van der Waals surface area contributed by atoms with Gasteiger partial charge in [-0.25, -0.2) is 0 Å². The van der Waals surface area contributed by atoms with Gasteiger partial charge < -0.3 is 15.5 Å². The summed E-state index contributed by atoms with van der Waals surface area (Å²) in [7, 11) is 0. The Morgan fingerprint density at radius 3 is 2.47 bits per heavy atom. The van der Waals surface area contributed by atoms with Crippen molar-refractivity contribution in [2.75, 3.05) is 6.54 Å². The van der Waals surface area contributed by atoms with E-state index < -0.39 is 0 Å². The number of hydrogen-bond acceptors (Lipinski definition) is 2. The van der Waals surface area contributed by atoms with E-state index in [1.807, 2.05) is 0 Å². The molecule has 19 heavy (non-hydrogen) atoms. The monoisotopic (exact) mass is 283 g/mol. The van der Waals surface area contributed by atoms with Gasteiger partial charge in [0, 0.05) is 31.6 Å². The lowest BCUT2D eigenvalue weighted by Gasteiger charge is -2.50. The van der Waals surface area contributed by atoms with Gasteiger partial charge >= 0.3 is 0 Å². The number of hydrogen-bond donors (Lipinski definition) is 2. The van der Waals surface area contributed by atoms with Gasteiger partial charge in [0.05, 0.1) is 0 Å². The Bertz CT molecular complexity index is 334. The second-order valence-electron chi connectivity index (χ2n) is 5.75. The number of nitrogens with one attached hydrogen (secondary N) is 2. The summed E-state index contributed by atoms with van der Waals surface area (Å²) in [5, 5.41) is 7.35. The molecule has 2 saturated heterocycles. The van der Waals surface area contributed by atoms with Crippen molar-refractivity contribution in [1.82, 2.24) is 15.5 Å². The van der Waals surface area contributed by atoms with Crippen LogP contribution in [0.25, 0.3) is 0 Å². The molecule has 2 aliphatic heterocycles. The molecule has 0 aliphatic carbocycles. The van der Waals surface area contributed by atoms with Crippen molar-refractivity contribution in [1.29, 1.82) is 0 Å². The number of nitrogens with zero attached hydrogens (tertiary/aromatic N) is 1. The molecule has 0 saturated carbocycles. The summed E-state index contributed by atoms with van der Waals surface area (Å²) in [6.45, 7) is 4.71. The van der Waals surface area contributed by atoms with Crippen LogP contribution in [0.5, 0.6) is 0 Å². The van der Waals surface area contributed by atoms with Crippen molar-refractivity contribution in [3.05, 3.63) is 0 Å². The molecule has 2 fully saturated rings. The Morgan fingerprint density at radius 1 is 1.32 bits per heavy atom. The summed E-state index contributed by atoms with van der Waals surface area (Å²) >= 11 is 5.55. The van der Waals surface area contributed by atoms with Gasteiger partial charge in [-0.15, -0.1) is 0 Å². The quantitative estimate of drug-likeness (QED) is 0.775.